The summed E-state index contributed by atoms with van der Waals surface area (Å²) in [6, 6.07) is 15.8. The van der Waals surface area contributed by atoms with Crippen LogP contribution in [0, 0.1) is 18.3 Å². The first-order valence-electron chi connectivity index (χ1n) is 9.27. The largest absolute Gasteiger partial charge is 0.489 e. The smallest absolute Gasteiger partial charge is 0.262 e. The summed E-state index contributed by atoms with van der Waals surface area (Å²) in [4.78, 5) is 12.1. The Morgan fingerprint density at radius 3 is 2.57 bits per heavy atom. The molecule has 2 aromatic carbocycles. The minimum atomic E-state index is -0.373. The second-order valence-electron chi connectivity index (χ2n) is 6.93. The second kappa shape index (κ2) is 10.1. The molecule has 4 heteroatoms. The maximum absolute atomic E-state index is 12.1. The SMILES string of the molecule is C=CCc1cc(/C=C(/C#N)C(=O)NC(C)C)ccc1OCc1ccc(C)cc1. The molecule has 0 aromatic heterocycles. The predicted octanol–water partition coefficient (Wildman–Crippen LogP) is 4.73. The zero-order chi connectivity index (χ0) is 20.5. The van der Waals surface area contributed by atoms with Crippen molar-refractivity contribution in [2.45, 2.75) is 39.8 Å². The van der Waals surface area contributed by atoms with Gasteiger partial charge in [0.2, 0.25) is 0 Å². The molecule has 0 heterocycles. The third kappa shape index (κ3) is 6.14. The second-order valence-corrected chi connectivity index (χ2v) is 6.93. The van der Waals surface area contributed by atoms with Crippen molar-refractivity contribution < 1.29 is 9.53 Å². The van der Waals surface area contributed by atoms with E-state index in [9.17, 15) is 10.1 Å². The van der Waals surface area contributed by atoms with Gasteiger partial charge in [-0.3, -0.25) is 4.79 Å². The standard InChI is InChI=1S/C24H26N2O2/c1-5-6-21-13-20(14-22(15-25)24(27)26-17(2)3)11-12-23(21)28-16-19-9-7-18(4)8-10-19/h5,7-14,17H,1,6,16H2,2-4H3,(H,26,27)/b22-14-. The van der Waals surface area contributed by atoms with Crippen molar-refractivity contribution in [1.82, 2.24) is 5.32 Å². The van der Waals surface area contributed by atoms with Gasteiger partial charge >= 0.3 is 0 Å². The van der Waals surface area contributed by atoms with Crippen LogP contribution in [0.4, 0.5) is 0 Å². The lowest BCUT2D eigenvalue weighted by Gasteiger charge is -2.12. The van der Waals surface area contributed by atoms with E-state index in [1.165, 1.54) is 5.56 Å². The van der Waals surface area contributed by atoms with Crippen molar-refractivity contribution in [2.75, 3.05) is 0 Å². The molecule has 0 unspecified atom stereocenters. The minimum Gasteiger partial charge on any atom is -0.489 e. The van der Waals surface area contributed by atoms with E-state index in [1.807, 2.05) is 50.2 Å². The zero-order valence-corrected chi connectivity index (χ0v) is 16.7. The topological polar surface area (TPSA) is 62.1 Å². The van der Waals surface area contributed by atoms with Gasteiger partial charge in [-0.2, -0.15) is 5.26 Å². The molecule has 0 saturated carbocycles. The summed E-state index contributed by atoms with van der Waals surface area (Å²) in [7, 11) is 0. The molecule has 0 radical (unpaired) electrons. The fourth-order valence-corrected chi connectivity index (χ4v) is 2.65. The Labute approximate surface area is 167 Å². The van der Waals surface area contributed by atoms with Crippen LogP contribution >= 0.6 is 0 Å². The van der Waals surface area contributed by atoms with Crippen LogP contribution in [-0.4, -0.2) is 11.9 Å². The Morgan fingerprint density at radius 2 is 1.96 bits per heavy atom. The molecule has 0 fully saturated rings. The number of benzene rings is 2. The van der Waals surface area contributed by atoms with Crippen LogP contribution in [0.25, 0.3) is 6.08 Å². The van der Waals surface area contributed by atoms with Gasteiger partial charge in [0.05, 0.1) is 0 Å². The Bertz CT molecular complexity index is 903. The van der Waals surface area contributed by atoms with E-state index in [0.29, 0.717) is 13.0 Å². The first kappa shape index (κ1) is 21.0. The maximum atomic E-state index is 12.1. The highest BCUT2D eigenvalue weighted by Crippen LogP contribution is 2.24. The maximum Gasteiger partial charge on any atom is 0.262 e. The van der Waals surface area contributed by atoms with Crippen molar-refractivity contribution in [1.29, 1.82) is 5.26 Å². The average Bonchev–Trinajstić information content (AvgIpc) is 2.66. The van der Waals surface area contributed by atoms with Crippen molar-refractivity contribution in [3.05, 3.63) is 82.9 Å². The molecular weight excluding hydrogens is 348 g/mol. The van der Waals surface area contributed by atoms with E-state index in [0.717, 1.165) is 22.4 Å². The van der Waals surface area contributed by atoms with Gasteiger partial charge in [0.1, 0.15) is 24.0 Å². The number of allylic oxidation sites excluding steroid dienone is 1. The molecule has 2 rings (SSSR count). The highest BCUT2D eigenvalue weighted by molar-refractivity contribution is 6.01. The lowest BCUT2D eigenvalue weighted by molar-refractivity contribution is -0.117. The number of carbonyl (C=O) groups excluding carboxylic acids is 1. The van der Waals surface area contributed by atoms with Crippen molar-refractivity contribution >= 4 is 12.0 Å². The molecule has 1 amide bonds. The molecule has 0 bridgehead atoms. The molecule has 28 heavy (non-hydrogen) atoms. The highest BCUT2D eigenvalue weighted by atomic mass is 16.5. The van der Waals surface area contributed by atoms with Crippen molar-refractivity contribution in [3.8, 4) is 11.8 Å². The molecule has 0 aliphatic rings. The number of rotatable bonds is 8. The molecular formula is C24H26N2O2. The normalized spacial score (nSPS) is 11.0. The summed E-state index contributed by atoms with van der Waals surface area (Å²) in [6.07, 6.45) is 4.03. The van der Waals surface area contributed by atoms with E-state index in [1.54, 1.807) is 12.2 Å². The summed E-state index contributed by atoms with van der Waals surface area (Å²) >= 11 is 0. The third-order valence-electron chi connectivity index (χ3n) is 4.06. The third-order valence-corrected chi connectivity index (χ3v) is 4.06. The molecule has 0 aliphatic heterocycles. The van der Waals surface area contributed by atoms with E-state index >= 15 is 0 Å². The van der Waals surface area contributed by atoms with Crippen LogP contribution in [0.3, 0.4) is 0 Å². The number of hydrogen-bond acceptors (Lipinski definition) is 3. The Hall–Kier alpha value is -3.32. The first-order valence-corrected chi connectivity index (χ1v) is 9.27. The van der Waals surface area contributed by atoms with Crippen LogP contribution in [-0.2, 0) is 17.8 Å². The van der Waals surface area contributed by atoms with Crippen LogP contribution in [0.2, 0.25) is 0 Å². The van der Waals surface area contributed by atoms with Gasteiger partial charge in [0.15, 0.2) is 0 Å². The van der Waals surface area contributed by atoms with Crippen LogP contribution in [0.1, 0.15) is 36.1 Å². The number of hydrogen-bond donors (Lipinski definition) is 1. The van der Waals surface area contributed by atoms with Gasteiger partial charge in [-0.25, -0.2) is 0 Å². The van der Waals surface area contributed by atoms with Crippen molar-refractivity contribution in [2.24, 2.45) is 0 Å². The minimum absolute atomic E-state index is 0.0295. The number of aryl methyl sites for hydroxylation is 1. The number of ether oxygens (including phenoxy) is 1. The van der Waals surface area contributed by atoms with Gasteiger partial charge in [0.25, 0.3) is 5.91 Å². The van der Waals surface area contributed by atoms with Gasteiger partial charge in [-0.1, -0.05) is 42.0 Å². The predicted molar refractivity (Wildman–Crippen MR) is 113 cm³/mol. The molecule has 0 spiro atoms. The lowest BCUT2D eigenvalue weighted by Crippen LogP contribution is -2.30. The number of nitriles is 1. The number of nitrogens with one attached hydrogen (secondary N) is 1. The van der Waals surface area contributed by atoms with Gasteiger partial charge < -0.3 is 10.1 Å². The van der Waals surface area contributed by atoms with E-state index in [-0.39, 0.29) is 17.5 Å². The summed E-state index contributed by atoms with van der Waals surface area (Å²) < 4.78 is 5.99. The molecule has 0 atom stereocenters. The lowest BCUT2D eigenvalue weighted by atomic mass is 10.0. The Kier molecular flexibility index (Phi) is 7.59. The number of carbonyl (C=O) groups is 1. The summed E-state index contributed by atoms with van der Waals surface area (Å²) in [5, 5.41) is 12.0. The van der Waals surface area contributed by atoms with E-state index < -0.39 is 0 Å². The Morgan fingerprint density at radius 1 is 1.25 bits per heavy atom. The average molecular weight is 374 g/mol. The van der Waals surface area contributed by atoms with Gasteiger partial charge in [-0.05, 0) is 62.1 Å². The zero-order valence-electron chi connectivity index (χ0n) is 16.7. The fourth-order valence-electron chi connectivity index (χ4n) is 2.65. The van der Waals surface area contributed by atoms with E-state index in [2.05, 4.69) is 31.0 Å². The number of nitrogens with zero attached hydrogens (tertiary/aromatic N) is 1. The quantitative estimate of drug-likeness (QED) is 0.413. The summed E-state index contributed by atoms with van der Waals surface area (Å²) in [6.45, 7) is 10.0. The van der Waals surface area contributed by atoms with Crippen LogP contribution in [0.15, 0.2) is 60.7 Å². The van der Waals surface area contributed by atoms with Crippen LogP contribution < -0.4 is 10.1 Å². The molecule has 144 valence electrons. The van der Waals surface area contributed by atoms with Gasteiger partial charge in [-0.15, -0.1) is 6.58 Å². The summed E-state index contributed by atoms with van der Waals surface area (Å²) in [5.41, 5.74) is 4.11. The first-order chi connectivity index (χ1) is 13.4. The van der Waals surface area contributed by atoms with E-state index in [4.69, 9.17) is 4.74 Å². The molecule has 1 N–H and O–H groups in total. The Balaban J connectivity index is 2.22. The highest BCUT2D eigenvalue weighted by Gasteiger charge is 2.11. The number of amides is 1. The van der Waals surface area contributed by atoms with Crippen LogP contribution in [0.5, 0.6) is 5.75 Å². The molecule has 0 saturated heterocycles. The monoisotopic (exact) mass is 374 g/mol. The molecule has 4 nitrogen and oxygen atoms in total. The molecule has 0 aliphatic carbocycles. The fraction of sp³-hybridized carbons (Fsp3) is 0.250. The van der Waals surface area contributed by atoms with Crippen molar-refractivity contribution in [3.63, 3.8) is 0 Å². The molecule has 2 aromatic rings. The summed E-state index contributed by atoms with van der Waals surface area (Å²) in [5.74, 6) is 0.394. The van der Waals surface area contributed by atoms with Gasteiger partial charge in [0, 0.05) is 6.04 Å².